The number of imidazole rings is 1. The highest BCUT2D eigenvalue weighted by molar-refractivity contribution is 7.10. The molecule has 9 rings (SSSR count). The monoisotopic (exact) mass is 746 g/mol. The van der Waals surface area contributed by atoms with Crippen LogP contribution in [-0.2, 0) is 60.5 Å². The summed E-state index contributed by atoms with van der Waals surface area (Å²) in [7, 11) is 5.07. The number of aromatic nitrogens is 2. The zero-order valence-electron chi connectivity index (χ0n) is 30.0. The Kier molecular flexibility index (Phi) is 8.48. The van der Waals surface area contributed by atoms with Crippen molar-refractivity contribution in [2.75, 3.05) is 14.2 Å². The van der Waals surface area contributed by atoms with Gasteiger partial charge in [-0.3, -0.25) is 19.6 Å². The Hall–Kier alpha value is -5.89. The second kappa shape index (κ2) is 13.5. The quantitative estimate of drug-likeness (QED) is 0.254. The van der Waals surface area contributed by atoms with E-state index in [9.17, 15) is 14.7 Å². The van der Waals surface area contributed by atoms with Crippen molar-refractivity contribution in [2.24, 2.45) is 23.0 Å². The lowest BCUT2D eigenvalue weighted by molar-refractivity contribution is -0.136. The first-order chi connectivity index (χ1) is 26.3. The third-order valence-corrected chi connectivity index (χ3v) is 11.7. The molecule has 2 amide bonds. The Morgan fingerprint density at radius 3 is 2.50 bits per heavy atom. The highest BCUT2D eigenvalue weighted by Crippen LogP contribution is 2.40. The summed E-state index contributed by atoms with van der Waals surface area (Å²) in [6.07, 6.45) is 8.97. The number of hydrogen-bond acceptors (Lipinski definition) is 11. The predicted octanol–water partition coefficient (Wildman–Crippen LogP) is 5.37. The molecule has 2 aromatic heterocycles. The first-order valence-electron chi connectivity index (χ1n) is 17.8. The minimum absolute atomic E-state index is 0.0105. The average molecular weight is 747 g/mol. The summed E-state index contributed by atoms with van der Waals surface area (Å²) in [4.78, 5) is 46.5. The van der Waals surface area contributed by atoms with Gasteiger partial charge in [-0.1, -0.05) is 0 Å². The largest absolute Gasteiger partial charge is 0.508 e. The number of aryl methyl sites for hydroxylation is 1. The van der Waals surface area contributed by atoms with Crippen molar-refractivity contribution in [3.8, 4) is 17.2 Å². The van der Waals surface area contributed by atoms with E-state index in [2.05, 4.69) is 16.4 Å². The van der Waals surface area contributed by atoms with E-state index in [1.165, 1.54) is 17.6 Å². The maximum atomic E-state index is 13.8. The molecule has 276 valence electrons. The normalized spacial score (nSPS) is 21.2. The van der Waals surface area contributed by atoms with Crippen LogP contribution in [0.25, 0.3) is 0 Å². The van der Waals surface area contributed by atoms with Crippen molar-refractivity contribution in [2.45, 2.75) is 57.6 Å². The number of thiophene rings is 1. The van der Waals surface area contributed by atoms with E-state index in [1.807, 2.05) is 39.9 Å². The summed E-state index contributed by atoms with van der Waals surface area (Å²) >= 11 is 1.71. The molecule has 4 aliphatic heterocycles. The van der Waals surface area contributed by atoms with Crippen LogP contribution in [0.4, 0.5) is 5.69 Å². The van der Waals surface area contributed by atoms with Crippen molar-refractivity contribution < 1.29 is 33.6 Å². The molecule has 14 heteroatoms. The second-order valence-electron chi connectivity index (χ2n) is 14.0. The van der Waals surface area contributed by atoms with Gasteiger partial charge in [0.2, 0.25) is 5.91 Å². The molecule has 1 N–H and O–H groups in total. The highest BCUT2D eigenvalue weighted by Gasteiger charge is 2.41. The lowest BCUT2D eigenvalue weighted by atomic mass is 9.92. The zero-order chi connectivity index (χ0) is 37.1. The average Bonchev–Trinajstić information content (AvgIpc) is 3.74. The fourth-order valence-corrected chi connectivity index (χ4v) is 8.83. The van der Waals surface area contributed by atoms with Gasteiger partial charge in [0.1, 0.15) is 24.7 Å². The molecule has 2 aromatic carbocycles. The number of aliphatic imine (C=N–C) groups is 2. The Bertz CT molecular complexity index is 2320. The number of fused-ring (bicyclic) bond motifs is 6. The summed E-state index contributed by atoms with van der Waals surface area (Å²) in [5, 5.41) is 12.7. The molecular weight excluding hydrogens is 709 g/mol. The van der Waals surface area contributed by atoms with E-state index in [-0.39, 0.29) is 42.9 Å². The Balaban J connectivity index is 0.898. The number of carbonyl (C=O) groups is 2. The van der Waals surface area contributed by atoms with Crippen LogP contribution in [0, 0.1) is 5.92 Å². The number of aromatic hydroxyl groups is 1. The lowest BCUT2D eigenvalue weighted by Gasteiger charge is -2.34. The molecular formula is C40H38N6O7S. The van der Waals surface area contributed by atoms with Crippen LogP contribution < -0.4 is 9.47 Å². The van der Waals surface area contributed by atoms with E-state index >= 15 is 0 Å². The van der Waals surface area contributed by atoms with E-state index in [0.717, 1.165) is 17.8 Å². The molecule has 0 radical (unpaired) electrons. The van der Waals surface area contributed by atoms with Gasteiger partial charge in [-0.05, 0) is 52.4 Å². The molecule has 0 saturated heterocycles. The maximum absolute atomic E-state index is 13.8. The zero-order valence-corrected chi connectivity index (χ0v) is 30.8. The molecule has 0 fully saturated rings. The van der Waals surface area contributed by atoms with Crippen LogP contribution in [0.3, 0.4) is 0 Å². The van der Waals surface area contributed by atoms with Gasteiger partial charge in [-0.25, -0.2) is 4.98 Å². The van der Waals surface area contributed by atoms with Crippen molar-refractivity contribution in [1.29, 1.82) is 0 Å². The van der Waals surface area contributed by atoms with Gasteiger partial charge in [0.25, 0.3) is 5.91 Å². The first kappa shape index (κ1) is 33.9. The number of phenolic OH excluding ortho intramolecular Hbond substituents is 1. The van der Waals surface area contributed by atoms with Gasteiger partial charge >= 0.3 is 0 Å². The van der Waals surface area contributed by atoms with Crippen LogP contribution in [0.2, 0.25) is 0 Å². The summed E-state index contributed by atoms with van der Waals surface area (Å²) in [5.41, 5.74) is 6.20. The lowest BCUT2D eigenvalue weighted by Crippen LogP contribution is -2.47. The molecule has 1 aliphatic carbocycles. The summed E-state index contributed by atoms with van der Waals surface area (Å²) in [6, 6.07) is 10.4. The first-order valence-corrected chi connectivity index (χ1v) is 18.7. The van der Waals surface area contributed by atoms with Crippen molar-refractivity contribution in [1.82, 2.24) is 19.4 Å². The predicted molar refractivity (Wildman–Crippen MR) is 200 cm³/mol. The molecule has 5 aliphatic rings. The number of rotatable bonds is 8. The summed E-state index contributed by atoms with van der Waals surface area (Å²) < 4.78 is 25.9. The number of methoxy groups -OCH3 is 2. The van der Waals surface area contributed by atoms with Crippen molar-refractivity contribution in [3.05, 3.63) is 110 Å². The SMILES string of the molecule is COC1=C(OCc2cc(O)cc(COc3cc4c(cc3OC)C(=O)N3Cc5ccsc5C[C@H]3C=N4)c2)C=C2N=CC3Cc4c(ncn4C)CN3C(=O)C2C1. The van der Waals surface area contributed by atoms with Gasteiger partial charge in [-0.2, -0.15) is 0 Å². The topological polar surface area (TPSA) is 140 Å². The number of benzene rings is 2. The van der Waals surface area contributed by atoms with E-state index in [1.54, 1.807) is 55.1 Å². The fraction of sp³-hybridized carbons (Fsp3) is 0.325. The van der Waals surface area contributed by atoms with Gasteiger partial charge < -0.3 is 38.4 Å². The molecule has 0 bridgehead atoms. The third-order valence-electron chi connectivity index (χ3n) is 10.8. The van der Waals surface area contributed by atoms with Gasteiger partial charge in [-0.15, -0.1) is 11.3 Å². The Morgan fingerprint density at radius 2 is 1.69 bits per heavy atom. The molecule has 6 heterocycles. The molecule has 0 spiro atoms. The second-order valence-corrected chi connectivity index (χ2v) is 15.0. The Morgan fingerprint density at radius 1 is 0.889 bits per heavy atom. The van der Waals surface area contributed by atoms with Gasteiger partial charge in [0, 0.05) is 68.0 Å². The van der Waals surface area contributed by atoms with E-state index < -0.39 is 5.92 Å². The molecule has 54 heavy (non-hydrogen) atoms. The number of phenols is 1. The van der Waals surface area contributed by atoms with Gasteiger partial charge in [0.15, 0.2) is 17.3 Å². The van der Waals surface area contributed by atoms with E-state index in [0.29, 0.717) is 77.0 Å². The minimum Gasteiger partial charge on any atom is -0.508 e. The van der Waals surface area contributed by atoms with Crippen LogP contribution in [0.15, 0.2) is 81.4 Å². The van der Waals surface area contributed by atoms with Crippen LogP contribution in [-0.4, -0.2) is 75.0 Å². The molecule has 2 unspecified atom stereocenters. The number of ether oxygens (including phenoxy) is 4. The molecule has 13 nitrogen and oxygen atoms in total. The van der Waals surface area contributed by atoms with Gasteiger partial charge in [0.05, 0.1) is 67.7 Å². The smallest absolute Gasteiger partial charge is 0.257 e. The molecule has 4 aromatic rings. The number of carbonyl (C=O) groups excluding carboxylic acids is 2. The number of amides is 2. The highest BCUT2D eigenvalue weighted by atomic mass is 32.1. The van der Waals surface area contributed by atoms with Crippen molar-refractivity contribution >= 4 is 41.3 Å². The standard InChI is InChI=1S/C40H38N6O7S/c1-44-21-43-32-18-46-25(9-33(32)44)15-41-31-14-37(35(51-3)12-29(31)40(46)49)53-20-23-6-22(7-27(47)8-23)19-52-36-13-30-28(11-34(36)50-2)39(48)45-17-24-4-5-54-38(24)10-26(45)16-42-30/h4-8,11,13-16,21,25-26,29,47H,9-10,12,17-20H2,1-3H3/t25?,26-,29?/m0/s1. The van der Waals surface area contributed by atoms with Crippen molar-refractivity contribution in [3.63, 3.8) is 0 Å². The number of nitrogens with zero attached hydrogens (tertiary/aromatic N) is 6. The maximum Gasteiger partial charge on any atom is 0.257 e. The minimum atomic E-state index is -0.493. The summed E-state index contributed by atoms with van der Waals surface area (Å²) in [5.74, 6) is 1.32. The third kappa shape index (κ3) is 5.99. The number of hydrogen-bond donors (Lipinski definition) is 1. The van der Waals surface area contributed by atoms with E-state index in [4.69, 9.17) is 28.9 Å². The summed E-state index contributed by atoms with van der Waals surface area (Å²) in [6.45, 7) is 1.21. The fourth-order valence-electron chi connectivity index (χ4n) is 7.88. The molecule has 3 atom stereocenters. The molecule has 0 saturated carbocycles. The Labute approximate surface area is 315 Å². The number of allylic oxidation sites excluding steroid dienone is 2. The van der Waals surface area contributed by atoms with Crippen LogP contribution in [0.1, 0.15) is 49.7 Å². The van der Waals surface area contributed by atoms with Crippen LogP contribution >= 0.6 is 11.3 Å². The van der Waals surface area contributed by atoms with Crippen LogP contribution in [0.5, 0.6) is 17.2 Å².